The molecule has 3 aliphatic rings. The third kappa shape index (κ3) is 8.29. The molecular weight excluding hydrogens is 930 g/mol. The molecule has 0 unspecified atom stereocenters. The molecule has 8 aromatic carbocycles. The largest absolute Gasteiger partial charge is 0.376 e. The first-order valence-electron chi connectivity index (χ1n) is 28.6. The van der Waals surface area contributed by atoms with Gasteiger partial charge in [0.25, 0.3) is 0 Å². The van der Waals surface area contributed by atoms with Gasteiger partial charge in [-0.3, -0.25) is 0 Å². The number of anilines is 5. The highest BCUT2D eigenvalue weighted by molar-refractivity contribution is 6.93. The molecule has 1 aliphatic carbocycles. The lowest BCUT2D eigenvalue weighted by Crippen LogP contribution is -2.61. The second kappa shape index (κ2) is 17.1. The predicted octanol–water partition coefficient (Wildman–Crippen LogP) is 19.0. The Morgan fingerprint density at radius 3 is 1.55 bits per heavy atom. The number of hydrogen-bond donors (Lipinski definition) is 0. The molecule has 12 rings (SSSR count). The van der Waals surface area contributed by atoms with Crippen molar-refractivity contribution in [1.82, 2.24) is 4.57 Å². The van der Waals surface area contributed by atoms with E-state index in [2.05, 4.69) is 284 Å². The van der Waals surface area contributed by atoms with Gasteiger partial charge in [0.2, 0.25) is 0 Å². The van der Waals surface area contributed by atoms with Crippen molar-refractivity contribution in [2.45, 2.75) is 163 Å². The van der Waals surface area contributed by atoms with E-state index >= 15 is 0 Å². The van der Waals surface area contributed by atoms with Gasteiger partial charge in [-0.2, -0.15) is 0 Å². The summed E-state index contributed by atoms with van der Waals surface area (Å²) in [5.41, 5.74) is 27.2. The number of rotatable bonds is 5. The summed E-state index contributed by atoms with van der Waals surface area (Å²) in [4.78, 5) is 5.28. The maximum absolute atomic E-state index is 2.80. The second-order valence-corrected chi connectivity index (χ2v) is 28.7. The Labute approximate surface area is 461 Å². The quantitative estimate of drug-likeness (QED) is 0.159. The lowest BCUT2D eigenvalue weighted by molar-refractivity contribution is 0.332. The summed E-state index contributed by atoms with van der Waals surface area (Å²) in [6.07, 6.45) is 2.33. The van der Waals surface area contributed by atoms with Crippen LogP contribution in [-0.4, -0.2) is 11.4 Å². The maximum Gasteiger partial charge on any atom is 0.333 e. The van der Waals surface area contributed by atoms with Crippen LogP contribution in [0.4, 0.5) is 28.4 Å². The SMILES string of the molecule is Cc1cc2c(cc1N1B3c4c(cc(-c5ccccc5)cc4-n4c5ccc(C(C)(C)C)cc5c5cc(C(C)(C)C)cc3c54)-c3cc(N(c4ccc(C(C)(C)C)cc4)c4ccc(C(C)(C)C)cc4)ccc31)C(C)(C)CCC2(C)C. The van der Waals surface area contributed by atoms with Crippen LogP contribution in [0.25, 0.3) is 49.7 Å². The van der Waals surface area contributed by atoms with Crippen molar-refractivity contribution in [2.75, 3.05) is 9.71 Å². The number of fused-ring (bicyclic) bond motifs is 8. The standard InChI is InChI=1S/C73H80BN3/c1-45-37-59-60(73(16,17)36-35-72(59,14)15)44-64(45)77-63-34-32-54(75(52-28-23-48(24-29-52)68(2,3)4)53-30-25-49(26-31-53)69(5,6)7)43-56(63)57-38-47(46-21-19-18-20-22-46)39-65-66(57)74(77)61-42-51(71(11,12)13)41-58-55-40-50(70(8,9)10)27-33-62(55)76(65)67(58)61/h18-34,37-44H,35-36H2,1-17H3. The van der Waals surface area contributed by atoms with Crippen LogP contribution in [0.15, 0.2) is 152 Å². The van der Waals surface area contributed by atoms with Crippen molar-refractivity contribution in [3.8, 4) is 27.9 Å². The van der Waals surface area contributed by atoms with E-state index in [0.29, 0.717) is 0 Å². The van der Waals surface area contributed by atoms with E-state index in [1.165, 1.54) is 117 Å². The highest BCUT2D eigenvalue weighted by Crippen LogP contribution is 2.53. The molecule has 0 saturated carbocycles. The van der Waals surface area contributed by atoms with Crippen LogP contribution < -0.4 is 20.6 Å². The van der Waals surface area contributed by atoms with Gasteiger partial charge >= 0.3 is 6.85 Å². The molecule has 2 aliphatic heterocycles. The lowest BCUT2D eigenvalue weighted by atomic mass is 9.43. The smallest absolute Gasteiger partial charge is 0.333 e. The van der Waals surface area contributed by atoms with E-state index in [1.807, 2.05) is 0 Å². The van der Waals surface area contributed by atoms with Crippen molar-refractivity contribution in [2.24, 2.45) is 0 Å². The molecule has 0 N–H and O–H groups in total. The molecule has 4 heteroatoms. The molecule has 1 aromatic heterocycles. The van der Waals surface area contributed by atoms with Gasteiger partial charge in [-0.1, -0.05) is 184 Å². The molecule has 390 valence electrons. The number of aryl methyl sites for hydroxylation is 1. The van der Waals surface area contributed by atoms with Crippen molar-refractivity contribution in [3.05, 3.63) is 191 Å². The highest BCUT2D eigenvalue weighted by Gasteiger charge is 2.47. The van der Waals surface area contributed by atoms with Gasteiger partial charge < -0.3 is 14.3 Å². The van der Waals surface area contributed by atoms with Gasteiger partial charge in [0.05, 0.1) is 11.0 Å². The maximum atomic E-state index is 2.80. The molecule has 9 aromatic rings. The molecule has 0 fully saturated rings. The molecule has 3 nitrogen and oxygen atoms in total. The summed E-state index contributed by atoms with van der Waals surface area (Å²) in [6.45, 7) is 40.2. The average Bonchev–Trinajstić information content (AvgIpc) is 3.72. The van der Waals surface area contributed by atoms with Gasteiger partial charge in [0.1, 0.15) is 0 Å². The third-order valence-electron chi connectivity index (χ3n) is 18.2. The van der Waals surface area contributed by atoms with Crippen molar-refractivity contribution >= 4 is 68.0 Å². The zero-order chi connectivity index (χ0) is 54.7. The Bertz CT molecular complexity index is 3780. The fraction of sp³-hybridized carbons (Fsp3) is 0.342. The molecule has 3 heterocycles. The van der Waals surface area contributed by atoms with E-state index in [-0.39, 0.29) is 39.3 Å². The second-order valence-electron chi connectivity index (χ2n) is 28.7. The van der Waals surface area contributed by atoms with E-state index in [1.54, 1.807) is 0 Å². The molecule has 0 atom stereocenters. The van der Waals surface area contributed by atoms with Crippen LogP contribution >= 0.6 is 0 Å². The summed E-state index contributed by atoms with van der Waals surface area (Å²) >= 11 is 0. The first-order valence-corrected chi connectivity index (χ1v) is 28.6. The van der Waals surface area contributed by atoms with E-state index in [4.69, 9.17) is 0 Å². The first kappa shape index (κ1) is 51.0. The summed E-state index contributed by atoms with van der Waals surface area (Å²) in [6, 6.07) is 59.8. The average molecular weight is 1010 g/mol. The van der Waals surface area contributed by atoms with Gasteiger partial charge in [-0.25, -0.2) is 0 Å². The fourth-order valence-corrected chi connectivity index (χ4v) is 13.2. The van der Waals surface area contributed by atoms with Crippen LogP contribution in [0.5, 0.6) is 0 Å². The normalized spacial score (nSPS) is 15.6. The van der Waals surface area contributed by atoms with Crippen LogP contribution in [0, 0.1) is 6.92 Å². The molecule has 0 amide bonds. The number of nitrogens with zero attached hydrogens (tertiary/aromatic N) is 3. The zero-order valence-corrected chi connectivity index (χ0v) is 49.3. The van der Waals surface area contributed by atoms with Crippen LogP contribution in [-0.2, 0) is 32.5 Å². The van der Waals surface area contributed by atoms with Gasteiger partial charge in [-0.15, -0.1) is 0 Å². The van der Waals surface area contributed by atoms with Crippen LogP contribution in [0.3, 0.4) is 0 Å². The Balaban J connectivity index is 1.22. The molecule has 0 saturated heterocycles. The summed E-state index contributed by atoms with van der Waals surface area (Å²) in [5, 5.41) is 2.66. The zero-order valence-electron chi connectivity index (χ0n) is 49.3. The van der Waals surface area contributed by atoms with Crippen LogP contribution in [0.2, 0.25) is 0 Å². The topological polar surface area (TPSA) is 11.4 Å². The Hall–Kier alpha value is -6.78. The van der Waals surface area contributed by atoms with Gasteiger partial charge in [0.15, 0.2) is 0 Å². The minimum Gasteiger partial charge on any atom is -0.376 e. The van der Waals surface area contributed by atoms with Crippen LogP contribution in [0.1, 0.15) is 163 Å². The predicted molar refractivity (Wildman–Crippen MR) is 335 cm³/mol. The molecule has 0 radical (unpaired) electrons. The van der Waals surface area contributed by atoms with E-state index in [9.17, 15) is 0 Å². The third-order valence-corrected chi connectivity index (χ3v) is 18.2. The Morgan fingerprint density at radius 2 is 0.974 bits per heavy atom. The summed E-state index contributed by atoms with van der Waals surface area (Å²) in [7, 11) is 0. The minimum absolute atomic E-state index is 0.0100. The van der Waals surface area contributed by atoms with E-state index < -0.39 is 0 Å². The van der Waals surface area contributed by atoms with E-state index in [0.717, 1.165) is 23.5 Å². The minimum atomic E-state index is -0.116. The van der Waals surface area contributed by atoms with Gasteiger partial charge in [-0.05, 0) is 198 Å². The number of hydrogen-bond acceptors (Lipinski definition) is 2. The lowest BCUT2D eigenvalue weighted by Gasteiger charge is -2.46. The number of aromatic nitrogens is 1. The number of benzene rings is 8. The fourth-order valence-electron chi connectivity index (χ4n) is 13.2. The molecular formula is C73H80BN3. The Morgan fingerprint density at radius 1 is 0.442 bits per heavy atom. The highest BCUT2D eigenvalue weighted by atomic mass is 15.1. The molecule has 0 bridgehead atoms. The molecule has 0 spiro atoms. The first-order chi connectivity index (χ1) is 36.1. The van der Waals surface area contributed by atoms with Crippen molar-refractivity contribution in [3.63, 3.8) is 0 Å². The Kier molecular flexibility index (Phi) is 11.3. The summed E-state index contributed by atoms with van der Waals surface area (Å²) in [5.74, 6) is 0. The summed E-state index contributed by atoms with van der Waals surface area (Å²) < 4.78 is 2.67. The van der Waals surface area contributed by atoms with Gasteiger partial charge in [0, 0.05) is 50.5 Å². The van der Waals surface area contributed by atoms with Crippen molar-refractivity contribution < 1.29 is 0 Å². The monoisotopic (exact) mass is 1010 g/mol. The van der Waals surface area contributed by atoms with Crippen molar-refractivity contribution in [1.29, 1.82) is 0 Å². The molecule has 77 heavy (non-hydrogen) atoms.